The van der Waals surface area contributed by atoms with Crippen LogP contribution in [0.4, 0.5) is 0 Å². The molecule has 1 heterocycles. The maximum atomic E-state index is 7.59. The summed E-state index contributed by atoms with van der Waals surface area (Å²) in [5.74, 6) is 0.601. The minimum Gasteiger partial charge on any atom is -0.387 e. The van der Waals surface area contributed by atoms with Gasteiger partial charge in [0, 0.05) is 19.0 Å². The van der Waals surface area contributed by atoms with Gasteiger partial charge in [-0.1, -0.05) is 18.2 Å². The Balaban J connectivity index is 2.07. The van der Waals surface area contributed by atoms with Crippen molar-refractivity contribution in [3.63, 3.8) is 0 Å². The first kappa shape index (κ1) is 13.1. The topological polar surface area (TPSA) is 53.1 Å². The standard InChI is InChI=1S/C15H23N3/c1-11-5-3-6-12(2)14(11)10-18-8-4-7-13(9-18)15(16)17/h3,5-6,13H,4,7-10H2,1-2H3,(H3,16,17). The second-order valence-corrected chi connectivity index (χ2v) is 5.40. The molecule has 3 N–H and O–H groups in total. The van der Waals surface area contributed by atoms with Crippen LogP contribution in [0.3, 0.4) is 0 Å². The third kappa shape index (κ3) is 2.91. The number of likely N-dealkylation sites (tertiary alicyclic amines) is 1. The van der Waals surface area contributed by atoms with Crippen LogP contribution in [0.2, 0.25) is 0 Å². The van der Waals surface area contributed by atoms with Crippen molar-refractivity contribution in [3.8, 4) is 0 Å². The van der Waals surface area contributed by atoms with Crippen LogP contribution in [0.1, 0.15) is 29.5 Å². The quantitative estimate of drug-likeness (QED) is 0.635. The lowest BCUT2D eigenvalue weighted by Gasteiger charge is -2.32. The van der Waals surface area contributed by atoms with Crippen molar-refractivity contribution in [2.45, 2.75) is 33.2 Å². The molecular formula is C15H23N3. The van der Waals surface area contributed by atoms with E-state index in [1.54, 1.807) is 0 Å². The zero-order valence-corrected chi connectivity index (χ0v) is 11.4. The van der Waals surface area contributed by atoms with E-state index in [2.05, 4.69) is 36.9 Å². The van der Waals surface area contributed by atoms with Gasteiger partial charge in [-0.15, -0.1) is 0 Å². The van der Waals surface area contributed by atoms with Gasteiger partial charge in [0.1, 0.15) is 0 Å². The molecule has 1 unspecified atom stereocenters. The van der Waals surface area contributed by atoms with E-state index in [4.69, 9.17) is 11.1 Å². The summed E-state index contributed by atoms with van der Waals surface area (Å²) in [6.45, 7) is 7.40. The number of rotatable bonds is 3. The molecule has 0 aromatic heterocycles. The highest BCUT2D eigenvalue weighted by molar-refractivity contribution is 5.79. The Kier molecular flexibility index (Phi) is 4.02. The van der Waals surface area contributed by atoms with Crippen LogP contribution >= 0.6 is 0 Å². The van der Waals surface area contributed by atoms with Gasteiger partial charge in [-0.2, -0.15) is 0 Å². The fraction of sp³-hybridized carbons (Fsp3) is 0.533. The zero-order valence-electron chi connectivity index (χ0n) is 11.4. The Labute approximate surface area is 109 Å². The molecule has 1 fully saturated rings. The number of aryl methyl sites for hydroxylation is 2. The van der Waals surface area contributed by atoms with Crippen molar-refractivity contribution in [2.24, 2.45) is 11.7 Å². The summed E-state index contributed by atoms with van der Waals surface area (Å²) in [6, 6.07) is 6.46. The summed E-state index contributed by atoms with van der Waals surface area (Å²) in [5, 5.41) is 7.59. The molecule has 1 aromatic carbocycles. The summed E-state index contributed by atoms with van der Waals surface area (Å²) in [6.07, 6.45) is 2.22. The summed E-state index contributed by atoms with van der Waals surface area (Å²) < 4.78 is 0. The van der Waals surface area contributed by atoms with Gasteiger partial charge in [0.05, 0.1) is 5.84 Å². The number of nitrogens with one attached hydrogen (secondary N) is 1. The molecule has 1 aliphatic rings. The minimum atomic E-state index is 0.253. The third-order valence-corrected chi connectivity index (χ3v) is 3.97. The van der Waals surface area contributed by atoms with Crippen molar-refractivity contribution in [1.29, 1.82) is 5.41 Å². The summed E-state index contributed by atoms with van der Waals surface area (Å²) in [7, 11) is 0. The molecule has 3 nitrogen and oxygen atoms in total. The molecule has 1 saturated heterocycles. The zero-order chi connectivity index (χ0) is 13.1. The summed E-state index contributed by atoms with van der Waals surface area (Å²) in [4.78, 5) is 2.44. The lowest BCUT2D eigenvalue weighted by molar-refractivity contribution is 0.195. The molecule has 0 saturated carbocycles. The normalized spacial score (nSPS) is 20.9. The van der Waals surface area contributed by atoms with Crippen molar-refractivity contribution in [1.82, 2.24) is 4.90 Å². The van der Waals surface area contributed by atoms with Gasteiger partial charge in [0.25, 0.3) is 0 Å². The summed E-state index contributed by atoms with van der Waals surface area (Å²) in [5.41, 5.74) is 9.79. The van der Waals surface area contributed by atoms with E-state index in [1.807, 2.05) is 0 Å². The van der Waals surface area contributed by atoms with E-state index in [-0.39, 0.29) is 5.92 Å². The Morgan fingerprint density at radius 2 is 2.06 bits per heavy atom. The van der Waals surface area contributed by atoms with E-state index in [9.17, 15) is 0 Å². The Bertz CT molecular complexity index is 419. The van der Waals surface area contributed by atoms with E-state index < -0.39 is 0 Å². The number of benzene rings is 1. The molecular weight excluding hydrogens is 222 g/mol. The molecule has 1 atom stereocenters. The van der Waals surface area contributed by atoms with Crippen molar-refractivity contribution in [2.75, 3.05) is 13.1 Å². The van der Waals surface area contributed by atoms with Crippen LogP contribution in [-0.4, -0.2) is 23.8 Å². The van der Waals surface area contributed by atoms with Gasteiger partial charge in [-0.25, -0.2) is 0 Å². The SMILES string of the molecule is Cc1cccc(C)c1CN1CCCC(C(=N)N)C1. The first-order chi connectivity index (χ1) is 8.58. The molecule has 3 heteroatoms. The Hall–Kier alpha value is -1.35. The second kappa shape index (κ2) is 5.53. The molecule has 98 valence electrons. The molecule has 1 aliphatic heterocycles. The van der Waals surface area contributed by atoms with Gasteiger partial charge < -0.3 is 5.73 Å². The fourth-order valence-electron chi connectivity index (χ4n) is 2.77. The molecule has 0 amide bonds. The molecule has 0 radical (unpaired) electrons. The lowest BCUT2D eigenvalue weighted by Crippen LogP contribution is -2.40. The number of hydrogen-bond acceptors (Lipinski definition) is 2. The molecule has 0 aliphatic carbocycles. The predicted octanol–water partition coefficient (Wildman–Crippen LogP) is 2.45. The van der Waals surface area contributed by atoms with E-state index in [0.717, 1.165) is 32.5 Å². The number of piperidine rings is 1. The largest absolute Gasteiger partial charge is 0.387 e. The maximum absolute atomic E-state index is 7.59. The molecule has 1 aromatic rings. The highest BCUT2D eigenvalue weighted by Crippen LogP contribution is 2.21. The average molecular weight is 245 g/mol. The lowest BCUT2D eigenvalue weighted by atomic mass is 9.95. The monoisotopic (exact) mass is 245 g/mol. The number of nitrogens with zero attached hydrogens (tertiary/aromatic N) is 1. The molecule has 0 bridgehead atoms. The van der Waals surface area contributed by atoms with Crippen molar-refractivity contribution in [3.05, 3.63) is 34.9 Å². The third-order valence-electron chi connectivity index (χ3n) is 3.97. The first-order valence-corrected chi connectivity index (χ1v) is 6.69. The van der Waals surface area contributed by atoms with Gasteiger partial charge in [-0.05, 0) is 49.9 Å². The van der Waals surface area contributed by atoms with Crippen LogP contribution < -0.4 is 5.73 Å². The van der Waals surface area contributed by atoms with Crippen molar-refractivity contribution >= 4 is 5.84 Å². The average Bonchev–Trinajstić information content (AvgIpc) is 2.34. The van der Waals surface area contributed by atoms with E-state index in [1.165, 1.54) is 16.7 Å². The number of hydrogen-bond donors (Lipinski definition) is 2. The highest BCUT2D eigenvalue weighted by atomic mass is 15.1. The van der Waals surface area contributed by atoms with Crippen LogP contribution in [0.25, 0.3) is 0 Å². The molecule has 18 heavy (non-hydrogen) atoms. The Morgan fingerprint density at radius 1 is 1.39 bits per heavy atom. The summed E-state index contributed by atoms with van der Waals surface area (Å²) >= 11 is 0. The van der Waals surface area contributed by atoms with Gasteiger partial charge in [0.2, 0.25) is 0 Å². The van der Waals surface area contributed by atoms with E-state index >= 15 is 0 Å². The maximum Gasteiger partial charge on any atom is 0.0949 e. The van der Waals surface area contributed by atoms with Gasteiger partial charge >= 0.3 is 0 Å². The van der Waals surface area contributed by atoms with Crippen LogP contribution in [0.5, 0.6) is 0 Å². The predicted molar refractivity (Wildman–Crippen MR) is 75.8 cm³/mol. The first-order valence-electron chi connectivity index (χ1n) is 6.69. The number of nitrogens with two attached hydrogens (primary N) is 1. The smallest absolute Gasteiger partial charge is 0.0949 e. The minimum absolute atomic E-state index is 0.253. The number of amidine groups is 1. The van der Waals surface area contributed by atoms with E-state index in [0.29, 0.717) is 5.84 Å². The fourth-order valence-corrected chi connectivity index (χ4v) is 2.77. The molecule has 2 rings (SSSR count). The van der Waals surface area contributed by atoms with Crippen LogP contribution in [0, 0.1) is 25.2 Å². The van der Waals surface area contributed by atoms with Gasteiger partial charge in [0.15, 0.2) is 0 Å². The molecule has 0 spiro atoms. The van der Waals surface area contributed by atoms with Crippen molar-refractivity contribution < 1.29 is 0 Å². The van der Waals surface area contributed by atoms with Crippen LogP contribution in [-0.2, 0) is 6.54 Å². The van der Waals surface area contributed by atoms with Crippen LogP contribution in [0.15, 0.2) is 18.2 Å². The Morgan fingerprint density at radius 3 is 2.67 bits per heavy atom. The second-order valence-electron chi connectivity index (χ2n) is 5.40. The van der Waals surface area contributed by atoms with Gasteiger partial charge in [-0.3, -0.25) is 10.3 Å². The highest BCUT2D eigenvalue weighted by Gasteiger charge is 2.22.